The van der Waals surface area contributed by atoms with Crippen molar-refractivity contribution in [2.24, 2.45) is 0 Å². The van der Waals surface area contributed by atoms with E-state index in [-0.39, 0.29) is 29.3 Å². The zero-order valence-electron chi connectivity index (χ0n) is 17.0. The Morgan fingerprint density at radius 2 is 1.70 bits per heavy atom. The van der Waals surface area contributed by atoms with Gasteiger partial charge in [0.1, 0.15) is 11.6 Å². The number of halogens is 2. The van der Waals surface area contributed by atoms with Gasteiger partial charge in [0.05, 0.1) is 11.6 Å². The maximum atomic E-state index is 12.7. The predicted octanol–water partition coefficient (Wildman–Crippen LogP) is 4.43. The van der Waals surface area contributed by atoms with E-state index in [1.165, 1.54) is 12.1 Å². The van der Waals surface area contributed by atoms with Crippen molar-refractivity contribution in [2.45, 2.75) is 38.8 Å². The summed E-state index contributed by atoms with van der Waals surface area (Å²) in [5, 5.41) is 5.75. The predicted molar refractivity (Wildman–Crippen MR) is 117 cm³/mol. The summed E-state index contributed by atoms with van der Waals surface area (Å²) in [6.45, 7) is 4.91. The lowest BCUT2D eigenvalue weighted by Crippen LogP contribution is -2.50. The Labute approximate surface area is 185 Å². The molecule has 0 aliphatic rings. The molecule has 6 nitrogen and oxygen atoms in total. The van der Waals surface area contributed by atoms with E-state index in [0.29, 0.717) is 5.02 Å². The van der Waals surface area contributed by atoms with Gasteiger partial charge >= 0.3 is 6.09 Å². The number of benzene rings is 2. The number of hydrogen-bond acceptors (Lipinski definition) is 4. The van der Waals surface area contributed by atoms with Crippen molar-refractivity contribution >= 4 is 41.0 Å². The average Bonchev–Trinajstić information content (AvgIpc) is 2.64. The van der Waals surface area contributed by atoms with E-state index in [1.807, 2.05) is 30.3 Å². The second kappa shape index (κ2) is 10.5. The zero-order chi connectivity index (χ0) is 22.3. The Hall–Kier alpha value is -2.57. The van der Waals surface area contributed by atoms with Crippen molar-refractivity contribution in [1.82, 2.24) is 10.6 Å². The zero-order valence-corrected chi connectivity index (χ0v) is 18.5. The Balaban J connectivity index is 2.07. The number of rotatable bonds is 7. The molecule has 2 N–H and O–H groups in total. The van der Waals surface area contributed by atoms with E-state index in [2.05, 4.69) is 10.6 Å². The largest absolute Gasteiger partial charge is 0.444 e. The van der Waals surface area contributed by atoms with Crippen molar-refractivity contribution in [3.05, 3.63) is 69.7 Å². The molecule has 1 unspecified atom stereocenters. The van der Waals surface area contributed by atoms with Gasteiger partial charge in [0, 0.05) is 17.0 Å². The molecule has 0 fully saturated rings. The van der Waals surface area contributed by atoms with Crippen molar-refractivity contribution in [3.63, 3.8) is 0 Å². The molecule has 0 heterocycles. The van der Waals surface area contributed by atoms with Crippen LogP contribution in [-0.2, 0) is 16.0 Å². The lowest BCUT2D eigenvalue weighted by molar-refractivity contribution is -0.123. The minimum absolute atomic E-state index is 0.203. The molecule has 0 aromatic heterocycles. The highest BCUT2D eigenvalue weighted by Crippen LogP contribution is 2.21. The number of hydrogen-bond donors (Lipinski definition) is 2. The van der Waals surface area contributed by atoms with Gasteiger partial charge < -0.3 is 15.4 Å². The first-order valence-corrected chi connectivity index (χ1v) is 10.1. The normalized spacial score (nSPS) is 12.0. The number of carbonyl (C=O) groups excluding carboxylic acids is 3. The van der Waals surface area contributed by atoms with Gasteiger partial charge in [-0.1, -0.05) is 53.5 Å². The number of alkyl carbamates (subject to hydrolysis) is 1. The molecule has 2 aromatic carbocycles. The van der Waals surface area contributed by atoms with Crippen LogP contribution in [0.1, 0.15) is 36.7 Å². The highest BCUT2D eigenvalue weighted by atomic mass is 35.5. The number of amides is 2. The molecular weight excluding hydrogens is 427 g/mol. The smallest absolute Gasteiger partial charge is 0.408 e. The van der Waals surface area contributed by atoms with Crippen LogP contribution in [0.25, 0.3) is 0 Å². The molecule has 8 heteroatoms. The van der Waals surface area contributed by atoms with Gasteiger partial charge in [0.2, 0.25) is 5.91 Å². The summed E-state index contributed by atoms with van der Waals surface area (Å²) in [5.74, 6) is -0.885. The molecule has 2 rings (SSSR count). The van der Waals surface area contributed by atoms with Crippen LogP contribution < -0.4 is 10.6 Å². The molecule has 1 atom stereocenters. The van der Waals surface area contributed by atoms with Crippen LogP contribution in [0.4, 0.5) is 4.79 Å². The summed E-state index contributed by atoms with van der Waals surface area (Å²) >= 11 is 11.9. The Morgan fingerprint density at radius 3 is 2.30 bits per heavy atom. The summed E-state index contributed by atoms with van der Waals surface area (Å²) in [5.41, 5.74) is 0.390. The monoisotopic (exact) mass is 450 g/mol. The van der Waals surface area contributed by atoms with Crippen molar-refractivity contribution < 1.29 is 19.1 Å². The van der Waals surface area contributed by atoms with E-state index in [9.17, 15) is 14.4 Å². The van der Waals surface area contributed by atoms with Crippen molar-refractivity contribution in [1.29, 1.82) is 0 Å². The van der Waals surface area contributed by atoms with Crippen LogP contribution in [0.3, 0.4) is 0 Å². The molecule has 2 amide bonds. The molecule has 2 aromatic rings. The fourth-order valence-electron chi connectivity index (χ4n) is 2.61. The van der Waals surface area contributed by atoms with E-state index in [4.69, 9.17) is 27.9 Å². The van der Waals surface area contributed by atoms with E-state index >= 15 is 0 Å². The third-order valence-electron chi connectivity index (χ3n) is 3.94. The third-order valence-corrected chi connectivity index (χ3v) is 4.49. The van der Waals surface area contributed by atoms with Gasteiger partial charge in [-0.2, -0.15) is 0 Å². The van der Waals surface area contributed by atoms with Gasteiger partial charge in [-0.05, 0) is 44.5 Å². The minimum Gasteiger partial charge on any atom is -0.444 e. The van der Waals surface area contributed by atoms with Crippen LogP contribution in [0, 0.1) is 0 Å². The van der Waals surface area contributed by atoms with Crippen LogP contribution in [-0.4, -0.2) is 36.0 Å². The van der Waals surface area contributed by atoms with E-state index < -0.39 is 23.6 Å². The second-order valence-electron chi connectivity index (χ2n) is 7.65. The van der Waals surface area contributed by atoms with Gasteiger partial charge in [0.25, 0.3) is 0 Å². The molecule has 160 valence electrons. The van der Waals surface area contributed by atoms with Crippen LogP contribution in [0.5, 0.6) is 0 Å². The maximum absolute atomic E-state index is 12.7. The fraction of sp³-hybridized carbons (Fsp3) is 0.318. The molecule has 0 aliphatic heterocycles. The highest BCUT2D eigenvalue weighted by Gasteiger charge is 2.25. The number of carbonyl (C=O) groups is 3. The number of Topliss-reactive ketones (excluding diaryl/α,β-unsaturated/α-hetero) is 1. The number of ether oxygens (including phenoxy) is 1. The molecule has 0 bridgehead atoms. The van der Waals surface area contributed by atoms with Gasteiger partial charge in [-0.3, -0.25) is 9.59 Å². The number of nitrogens with one attached hydrogen (secondary N) is 2. The van der Waals surface area contributed by atoms with E-state index in [1.54, 1.807) is 26.8 Å². The third kappa shape index (κ3) is 7.69. The summed E-state index contributed by atoms with van der Waals surface area (Å²) in [4.78, 5) is 37.3. The molecular formula is C22H24Cl2N2O4. The summed E-state index contributed by atoms with van der Waals surface area (Å²) in [6, 6.07) is 12.8. The first-order valence-electron chi connectivity index (χ1n) is 9.34. The Morgan fingerprint density at radius 1 is 1.03 bits per heavy atom. The van der Waals surface area contributed by atoms with Gasteiger partial charge in [0.15, 0.2) is 5.78 Å². The summed E-state index contributed by atoms with van der Waals surface area (Å²) in [6.07, 6.45) is -0.479. The molecule has 0 saturated heterocycles. The van der Waals surface area contributed by atoms with Crippen LogP contribution in [0.15, 0.2) is 48.5 Å². The molecule has 0 aliphatic carbocycles. The summed E-state index contributed by atoms with van der Waals surface area (Å²) < 4.78 is 5.25. The lowest BCUT2D eigenvalue weighted by atomic mass is 10.1. The van der Waals surface area contributed by atoms with Crippen LogP contribution in [0.2, 0.25) is 10.0 Å². The molecule has 30 heavy (non-hydrogen) atoms. The quantitative estimate of drug-likeness (QED) is 0.611. The molecule has 0 saturated carbocycles. The lowest BCUT2D eigenvalue weighted by Gasteiger charge is -2.23. The summed E-state index contributed by atoms with van der Waals surface area (Å²) in [7, 11) is 0. The standard InChI is InChI=1S/C22H24Cl2N2O4/c1-22(2,3)30-21(29)26-18(11-14-7-5-4-6-8-14)20(28)25-13-19(27)16-10-9-15(23)12-17(16)24/h4-10,12,18H,11,13H2,1-3H3,(H,25,28)(H,26,29). The Bertz CT molecular complexity index is 911. The Kier molecular flexibility index (Phi) is 8.26. The fourth-order valence-corrected chi connectivity index (χ4v) is 3.12. The number of ketones is 1. The minimum atomic E-state index is -0.921. The van der Waals surface area contributed by atoms with Crippen LogP contribution >= 0.6 is 23.2 Å². The highest BCUT2D eigenvalue weighted by molar-refractivity contribution is 6.36. The van der Waals surface area contributed by atoms with Crippen molar-refractivity contribution in [3.8, 4) is 0 Å². The first-order chi connectivity index (χ1) is 14.0. The van der Waals surface area contributed by atoms with Gasteiger partial charge in [-0.15, -0.1) is 0 Å². The van der Waals surface area contributed by atoms with Gasteiger partial charge in [-0.25, -0.2) is 4.79 Å². The SMILES string of the molecule is CC(C)(C)OC(=O)NC(Cc1ccccc1)C(=O)NCC(=O)c1ccc(Cl)cc1Cl. The second-order valence-corrected chi connectivity index (χ2v) is 8.50. The molecule has 0 spiro atoms. The maximum Gasteiger partial charge on any atom is 0.408 e. The molecule has 0 radical (unpaired) electrons. The van der Waals surface area contributed by atoms with E-state index in [0.717, 1.165) is 5.56 Å². The first kappa shape index (κ1) is 23.7. The average molecular weight is 451 g/mol. The topological polar surface area (TPSA) is 84.5 Å². The van der Waals surface area contributed by atoms with Crippen molar-refractivity contribution in [2.75, 3.05) is 6.54 Å².